The third-order valence-corrected chi connectivity index (χ3v) is 7.58. The number of aryl methyl sites for hydroxylation is 1. The van der Waals surface area contributed by atoms with E-state index in [9.17, 15) is 4.79 Å². The lowest BCUT2D eigenvalue weighted by atomic mass is 9.80. The molecule has 0 saturated heterocycles. The SMILES string of the molecule is CC1(C(CCCc2ccc3[nH]c(=O)sc3c2)CCNC2CCCCC2)C=CC=N1. The zero-order valence-corrected chi connectivity index (χ0v) is 18.3. The summed E-state index contributed by atoms with van der Waals surface area (Å²) in [5.41, 5.74) is 2.22. The van der Waals surface area contributed by atoms with Gasteiger partial charge in [0.15, 0.2) is 0 Å². The summed E-state index contributed by atoms with van der Waals surface area (Å²) in [6, 6.07) is 7.09. The van der Waals surface area contributed by atoms with Gasteiger partial charge in [-0.2, -0.15) is 0 Å². The number of aliphatic imine (C=N–C) groups is 1. The Balaban J connectivity index is 1.32. The van der Waals surface area contributed by atoms with Gasteiger partial charge < -0.3 is 10.3 Å². The van der Waals surface area contributed by atoms with Gasteiger partial charge in [-0.1, -0.05) is 42.7 Å². The maximum absolute atomic E-state index is 11.5. The third kappa shape index (κ3) is 5.26. The van der Waals surface area contributed by atoms with E-state index in [-0.39, 0.29) is 10.4 Å². The predicted octanol–water partition coefficient (Wildman–Crippen LogP) is 5.24. The summed E-state index contributed by atoms with van der Waals surface area (Å²) in [5, 5.41) is 3.82. The number of fused-ring (bicyclic) bond motifs is 1. The summed E-state index contributed by atoms with van der Waals surface area (Å²) in [5.74, 6) is 0.556. The molecule has 4 nitrogen and oxygen atoms in total. The van der Waals surface area contributed by atoms with E-state index in [1.54, 1.807) is 0 Å². The Hall–Kier alpha value is -1.72. The fourth-order valence-corrected chi connectivity index (χ4v) is 5.72. The van der Waals surface area contributed by atoms with Crippen LogP contribution in [0.4, 0.5) is 0 Å². The first-order valence-electron chi connectivity index (χ1n) is 11.2. The first kappa shape index (κ1) is 20.5. The lowest BCUT2D eigenvalue weighted by Gasteiger charge is -2.31. The Kier molecular flexibility index (Phi) is 6.66. The van der Waals surface area contributed by atoms with Crippen LogP contribution in [0.25, 0.3) is 10.2 Å². The van der Waals surface area contributed by atoms with Crippen LogP contribution in [0.1, 0.15) is 63.9 Å². The quantitative estimate of drug-likeness (QED) is 0.593. The number of nitrogens with zero attached hydrogens (tertiary/aromatic N) is 1. The molecule has 2 atom stereocenters. The van der Waals surface area contributed by atoms with Gasteiger partial charge >= 0.3 is 4.87 Å². The Labute approximate surface area is 177 Å². The van der Waals surface area contributed by atoms with Crippen molar-refractivity contribution in [3.8, 4) is 0 Å². The number of aromatic nitrogens is 1. The van der Waals surface area contributed by atoms with Crippen LogP contribution in [0, 0.1) is 5.92 Å². The highest BCUT2D eigenvalue weighted by atomic mass is 32.1. The second-order valence-corrected chi connectivity index (χ2v) is 9.89. The zero-order valence-electron chi connectivity index (χ0n) is 17.5. The normalized spacial score (nSPS) is 23.2. The molecule has 0 amide bonds. The third-order valence-electron chi connectivity index (χ3n) is 6.73. The maximum atomic E-state index is 11.5. The molecule has 5 heteroatoms. The number of benzene rings is 1. The van der Waals surface area contributed by atoms with Crippen molar-refractivity contribution in [3.63, 3.8) is 0 Å². The van der Waals surface area contributed by atoms with E-state index in [2.05, 4.69) is 41.5 Å². The van der Waals surface area contributed by atoms with Crippen molar-refractivity contribution in [2.24, 2.45) is 10.9 Å². The van der Waals surface area contributed by atoms with Gasteiger partial charge in [-0.05, 0) is 81.7 Å². The highest BCUT2D eigenvalue weighted by Gasteiger charge is 2.31. The molecule has 0 bridgehead atoms. The number of hydrogen-bond acceptors (Lipinski definition) is 4. The minimum absolute atomic E-state index is 0.0292. The Morgan fingerprint density at radius 2 is 2.14 bits per heavy atom. The molecular weight excluding hydrogens is 378 g/mol. The average molecular weight is 412 g/mol. The van der Waals surface area contributed by atoms with Crippen molar-refractivity contribution in [1.82, 2.24) is 10.3 Å². The molecule has 2 aliphatic rings. The van der Waals surface area contributed by atoms with Gasteiger partial charge in [0, 0.05) is 12.3 Å². The number of thiazole rings is 1. The Morgan fingerprint density at radius 3 is 2.93 bits per heavy atom. The Morgan fingerprint density at radius 1 is 1.28 bits per heavy atom. The summed E-state index contributed by atoms with van der Waals surface area (Å²) >= 11 is 1.30. The molecule has 1 saturated carbocycles. The van der Waals surface area contributed by atoms with Gasteiger partial charge in [0.25, 0.3) is 0 Å². The second kappa shape index (κ2) is 9.40. The van der Waals surface area contributed by atoms with Gasteiger partial charge in [-0.15, -0.1) is 0 Å². The predicted molar refractivity (Wildman–Crippen MR) is 124 cm³/mol. The summed E-state index contributed by atoms with van der Waals surface area (Å²) in [6.07, 6.45) is 17.7. The number of H-pyrrole nitrogens is 1. The highest BCUT2D eigenvalue weighted by molar-refractivity contribution is 7.16. The molecule has 2 N–H and O–H groups in total. The highest BCUT2D eigenvalue weighted by Crippen LogP contribution is 2.33. The minimum Gasteiger partial charge on any atom is -0.314 e. The summed E-state index contributed by atoms with van der Waals surface area (Å²) < 4.78 is 1.07. The molecule has 1 aromatic heterocycles. The summed E-state index contributed by atoms with van der Waals surface area (Å²) in [7, 11) is 0. The lowest BCUT2D eigenvalue weighted by molar-refractivity contribution is 0.293. The van der Waals surface area contributed by atoms with E-state index in [0.717, 1.165) is 35.6 Å². The smallest absolute Gasteiger partial charge is 0.305 e. The molecule has 4 rings (SSSR count). The van der Waals surface area contributed by atoms with E-state index in [0.29, 0.717) is 5.92 Å². The standard InChI is InChI=1S/C24H33N3OS/c1-24(14-6-15-26-24)19(13-16-25-20-9-3-2-4-10-20)8-5-7-18-11-12-21-22(17-18)29-23(28)27-21/h6,11-12,14-15,17,19-20,25H,2-5,7-10,13,16H2,1H3,(H,27,28). The molecule has 1 aliphatic carbocycles. The zero-order chi connectivity index (χ0) is 20.1. The summed E-state index contributed by atoms with van der Waals surface area (Å²) in [4.78, 5) is 19.3. The van der Waals surface area contributed by atoms with Crippen LogP contribution in [0.15, 0.2) is 40.1 Å². The fourth-order valence-electron chi connectivity index (χ4n) is 4.92. The van der Waals surface area contributed by atoms with E-state index in [1.807, 2.05) is 12.3 Å². The molecule has 2 aromatic rings. The number of rotatable bonds is 9. The van der Waals surface area contributed by atoms with Crippen molar-refractivity contribution in [3.05, 3.63) is 45.6 Å². The number of nitrogens with one attached hydrogen (secondary N) is 2. The Bertz CT molecular complexity index is 908. The first-order chi connectivity index (χ1) is 14.1. The number of aromatic amines is 1. The van der Waals surface area contributed by atoms with Gasteiger partial charge in [-0.25, -0.2) is 0 Å². The van der Waals surface area contributed by atoms with Crippen LogP contribution in [0.2, 0.25) is 0 Å². The van der Waals surface area contributed by atoms with E-state index < -0.39 is 0 Å². The second-order valence-electron chi connectivity index (χ2n) is 8.88. The van der Waals surface area contributed by atoms with Crippen molar-refractivity contribution in [1.29, 1.82) is 0 Å². The van der Waals surface area contributed by atoms with E-state index in [1.165, 1.54) is 61.8 Å². The number of allylic oxidation sites excluding steroid dienone is 1. The van der Waals surface area contributed by atoms with Crippen molar-refractivity contribution < 1.29 is 0 Å². The minimum atomic E-state index is -0.0572. The van der Waals surface area contributed by atoms with Gasteiger partial charge in [0.1, 0.15) is 0 Å². The fraction of sp³-hybridized carbons (Fsp3) is 0.583. The van der Waals surface area contributed by atoms with Crippen LogP contribution in [-0.2, 0) is 6.42 Å². The van der Waals surface area contributed by atoms with Crippen molar-refractivity contribution in [2.75, 3.05) is 6.54 Å². The largest absolute Gasteiger partial charge is 0.314 e. The van der Waals surface area contributed by atoms with Gasteiger partial charge in [0.05, 0.1) is 15.8 Å². The van der Waals surface area contributed by atoms with E-state index >= 15 is 0 Å². The molecular formula is C24H33N3OS. The first-order valence-corrected chi connectivity index (χ1v) is 12.0. The van der Waals surface area contributed by atoms with Crippen LogP contribution >= 0.6 is 11.3 Å². The molecule has 2 heterocycles. The van der Waals surface area contributed by atoms with Gasteiger partial charge in [0.2, 0.25) is 0 Å². The topological polar surface area (TPSA) is 57.2 Å². The van der Waals surface area contributed by atoms with Crippen LogP contribution in [0.3, 0.4) is 0 Å². The maximum Gasteiger partial charge on any atom is 0.305 e. The molecule has 0 radical (unpaired) electrons. The molecule has 2 unspecified atom stereocenters. The molecule has 1 aliphatic heterocycles. The molecule has 156 valence electrons. The monoisotopic (exact) mass is 411 g/mol. The summed E-state index contributed by atoms with van der Waals surface area (Å²) in [6.45, 7) is 3.37. The van der Waals surface area contributed by atoms with E-state index in [4.69, 9.17) is 4.99 Å². The van der Waals surface area contributed by atoms with Crippen LogP contribution in [-0.4, -0.2) is 29.3 Å². The molecule has 29 heavy (non-hydrogen) atoms. The van der Waals surface area contributed by atoms with Crippen molar-refractivity contribution in [2.45, 2.75) is 76.3 Å². The van der Waals surface area contributed by atoms with Crippen molar-refractivity contribution >= 4 is 27.8 Å². The molecule has 0 spiro atoms. The number of hydrogen-bond donors (Lipinski definition) is 2. The lowest BCUT2D eigenvalue weighted by Crippen LogP contribution is -2.36. The van der Waals surface area contributed by atoms with Crippen LogP contribution < -0.4 is 10.2 Å². The average Bonchev–Trinajstić information content (AvgIpc) is 3.32. The van der Waals surface area contributed by atoms with Crippen LogP contribution in [0.5, 0.6) is 0 Å². The van der Waals surface area contributed by atoms with Gasteiger partial charge in [-0.3, -0.25) is 9.79 Å². The molecule has 1 aromatic carbocycles. The molecule has 1 fully saturated rings.